The predicted octanol–water partition coefficient (Wildman–Crippen LogP) is 4.65. The Hall–Kier alpha value is -1.01. The van der Waals surface area contributed by atoms with E-state index in [0.717, 1.165) is 12.8 Å². The van der Waals surface area contributed by atoms with Crippen LogP contribution in [0.1, 0.15) is 78.6 Å². The highest BCUT2D eigenvalue weighted by molar-refractivity contribution is 5.71. The van der Waals surface area contributed by atoms with Crippen LogP contribution < -0.4 is 0 Å². The summed E-state index contributed by atoms with van der Waals surface area (Å²) in [6.07, 6.45) is 10.4. The van der Waals surface area contributed by atoms with Gasteiger partial charge in [0.05, 0.1) is 6.61 Å². The Morgan fingerprint density at radius 1 is 1.05 bits per heavy atom. The van der Waals surface area contributed by atoms with Gasteiger partial charge in [-0.2, -0.15) is 0 Å². The molecule has 0 heterocycles. The number of hydrogen-bond donors (Lipinski definition) is 1. The van der Waals surface area contributed by atoms with Gasteiger partial charge >= 0.3 is 5.97 Å². The number of aliphatic carboxylic acids is 1. The van der Waals surface area contributed by atoms with Gasteiger partial charge in [-0.3, -0.25) is 0 Å². The van der Waals surface area contributed by atoms with Crippen molar-refractivity contribution in [1.29, 1.82) is 0 Å². The van der Waals surface area contributed by atoms with E-state index in [0.29, 0.717) is 12.5 Å². The van der Waals surface area contributed by atoms with E-state index in [1.54, 1.807) is 6.92 Å². The molecule has 0 bridgehead atoms. The first-order valence-electron chi connectivity index (χ1n) is 8.32. The second-order valence-electron chi connectivity index (χ2n) is 5.86. The monoisotopic (exact) mass is 296 g/mol. The summed E-state index contributed by atoms with van der Waals surface area (Å²) in [6, 6.07) is 0. The number of hydrogen-bond acceptors (Lipinski definition) is 2. The van der Waals surface area contributed by atoms with Gasteiger partial charge in [-0.25, -0.2) is 4.79 Å². The molecule has 0 fully saturated rings. The van der Waals surface area contributed by atoms with Crippen molar-refractivity contribution in [2.45, 2.75) is 84.7 Å². The predicted molar refractivity (Wildman–Crippen MR) is 87.2 cm³/mol. The summed E-state index contributed by atoms with van der Waals surface area (Å²) in [5.74, 6) is 5.59. The van der Waals surface area contributed by atoms with Crippen LogP contribution in [0.2, 0.25) is 0 Å². The van der Waals surface area contributed by atoms with Gasteiger partial charge in [0.1, 0.15) is 0 Å². The SMILES string of the molecule is CC#CCCCCCCCCCC(C)COC(C)C(=O)O. The Morgan fingerprint density at radius 2 is 1.62 bits per heavy atom. The number of carboxylic acid groups (broad SMARTS) is 1. The van der Waals surface area contributed by atoms with Crippen LogP contribution in [0.25, 0.3) is 0 Å². The number of ether oxygens (including phenoxy) is 1. The molecule has 122 valence electrons. The zero-order valence-corrected chi connectivity index (χ0v) is 14.0. The van der Waals surface area contributed by atoms with Crippen molar-refractivity contribution in [3.8, 4) is 11.8 Å². The Labute approximate surface area is 130 Å². The molecule has 2 unspecified atom stereocenters. The molecule has 0 radical (unpaired) electrons. The largest absolute Gasteiger partial charge is 0.479 e. The molecular weight excluding hydrogens is 264 g/mol. The Morgan fingerprint density at radius 3 is 2.19 bits per heavy atom. The van der Waals surface area contributed by atoms with Crippen LogP contribution >= 0.6 is 0 Å². The van der Waals surface area contributed by atoms with Gasteiger partial charge in [0.2, 0.25) is 0 Å². The summed E-state index contributed by atoms with van der Waals surface area (Å²) < 4.78 is 5.30. The molecule has 21 heavy (non-hydrogen) atoms. The molecule has 0 aromatic heterocycles. The molecule has 0 saturated carbocycles. The lowest BCUT2D eigenvalue weighted by atomic mass is 10.0. The summed E-state index contributed by atoms with van der Waals surface area (Å²) in [5, 5.41) is 8.73. The standard InChI is InChI=1S/C18H32O3/c1-4-5-6-7-8-9-10-11-12-13-14-16(2)15-21-17(3)18(19)20/h16-17H,6-15H2,1-3H3,(H,19,20). The van der Waals surface area contributed by atoms with Crippen LogP contribution in [0.15, 0.2) is 0 Å². The van der Waals surface area contributed by atoms with Crippen molar-refractivity contribution in [1.82, 2.24) is 0 Å². The van der Waals surface area contributed by atoms with E-state index >= 15 is 0 Å². The normalized spacial score (nSPS) is 13.3. The van der Waals surface area contributed by atoms with Gasteiger partial charge in [-0.15, -0.1) is 11.8 Å². The lowest BCUT2D eigenvalue weighted by Gasteiger charge is -2.14. The van der Waals surface area contributed by atoms with Gasteiger partial charge in [0.15, 0.2) is 6.10 Å². The smallest absolute Gasteiger partial charge is 0.332 e. The average molecular weight is 296 g/mol. The van der Waals surface area contributed by atoms with Crippen molar-refractivity contribution in [3.63, 3.8) is 0 Å². The van der Waals surface area contributed by atoms with Crippen LogP contribution in [0, 0.1) is 17.8 Å². The summed E-state index contributed by atoms with van der Waals surface area (Å²) in [5.41, 5.74) is 0. The lowest BCUT2D eigenvalue weighted by molar-refractivity contribution is -0.149. The molecule has 0 rings (SSSR count). The molecular formula is C18H32O3. The summed E-state index contributed by atoms with van der Waals surface area (Å²) in [4.78, 5) is 10.6. The van der Waals surface area contributed by atoms with Crippen LogP contribution in [0.5, 0.6) is 0 Å². The average Bonchev–Trinajstić information content (AvgIpc) is 2.46. The molecule has 0 aromatic rings. The zero-order valence-electron chi connectivity index (χ0n) is 14.0. The van der Waals surface area contributed by atoms with E-state index in [-0.39, 0.29) is 0 Å². The molecule has 3 heteroatoms. The minimum Gasteiger partial charge on any atom is -0.479 e. The van der Waals surface area contributed by atoms with Crippen molar-refractivity contribution < 1.29 is 14.6 Å². The van der Waals surface area contributed by atoms with E-state index in [2.05, 4.69) is 18.8 Å². The molecule has 0 aliphatic heterocycles. The van der Waals surface area contributed by atoms with Gasteiger partial charge in [0, 0.05) is 6.42 Å². The zero-order chi connectivity index (χ0) is 15.9. The fraction of sp³-hybridized carbons (Fsp3) is 0.833. The molecule has 1 N–H and O–H groups in total. The number of rotatable bonds is 13. The van der Waals surface area contributed by atoms with E-state index in [9.17, 15) is 4.79 Å². The number of carboxylic acids is 1. The summed E-state index contributed by atoms with van der Waals surface area (Å²) in [7, 11) is 0. The van der Waals surface area contributed by atoms with Gasteiger partial charge in [-0.05, 0) is 32.6 Å². The number of unbranched alkanes of at least 4 members (excludes halogenated alkanes) is 7. The highest BCUT2D eigenvalue weighted by Crippen LogP contribution is 2.13. The van der Waals surface area contributed by atoms with Crippen molar-refractivity contribution in [3.05, 3.63) is 0 Å². The highest BCUT2D eigenvalue weighted by atomic mass is 16.5. The van der Waals surface area contributed by atoms with Gasteiger partial charge in [0.25, 0.3) is 0 Å². The van der Waals surface area contributed by atoms with Crippen LogP contribution in [0.4, 0.5) is 0 Å². The van der Waals surface area contributed by atoms with Crippen molar-refractivity contribution in [2.24, 2.45) is 5.92 Å². The van der Waals surface area contributed by atoms with Crippen LogP contribution in [-0.2, 0) is 9.53 Å². The summed E-state index contributed by atoms with van der Waals surface area (Å²) >= 11 is 0. The Bertz CT molecular complexity index is 314. The molecule has 2 atom stereocenters. The van der Waals surface area contributed by atoms with Crippen molar-refractivity contribution in [2.75, 3.05) is 6.61 Å². The third-order valence-electron chi connectivity index (χ3n) is 3.65. The fourth-order valence-corrected chi connectivity index (χ4v) is 2.18. The minimum atomic E-state index is -0.882. The maximum Gasteiger partial charge on any atom is 0.332 e. The van der Waals surface area contributed by atoms with Crippen LogP contribution in [-0.4, -0.2) is 23.8 Å². The first-order chi connectivity index (χ1) is 10.1. The quantitative estimate of drug-likeness (QED) is 0.397. The fourth-order valence-electron chi connectivity index (χ4n) is 2.18. The molecule has 0 aliphatic carbocycles. The molecule has 0 amide bonds. The first-order valence-corrected chi connectivity index (χ1v) is 8.32. The highest BCUT2D eigenvalue weighted by Gasteiger charge is 2.12. The molecule has 0 aliphatic rings. The van der Waals surface area contributed by atoms with Gasteiger partial charge < -0.3 is 9.84 Å². The topological polar surface area (TPSA) is 46.5 Å². The molecule has 0 aromatic carbocycles. The maximum absolute atomic E-state index is 10.6. The van der Waals surface area contributed by atoms with Crippen LogP contribution in [0.3, 0.4) is 0 Å². The first kappa shape index (κ1) is 20.0. The Balaban J connectivity index is 3.30. The molecule has 0 spiro atoms. The van der Waals surface area contributed by atoms with Crippen molar-refractivity contribution >= 4 is 5.97 Å². The lowest BCUT2D eigenvalue weighted by Crippen LogP contribution is -2.22. The minimum absolute atomic E-state index is 0.444. The third-order valence-corrected chi connectivity index (χ3v) is 3.65. The Kier molecular flexibility index (Phi) is 13.3. The second kappa shape index (κ2) is 13.9. The maximum atomic E-state index is 10.6. The molecule has 0 saturated heterocycles. The van der Waals surface area contributed by atoms with E-state index < -0.39 is 12.1 Å². The second-order valence-corrected chi connectivity index (χ2v) is 5.86. The van der Waals surface area contributed by atoms with E-state index in [1.807, 2.05) is 6.92 Å². The van der Waals surface area contributed by atoms with Gasteiger partial charge in [-0.1, -0.05) is 45.4 Å². The van der Waals surface area contributed by atoms with E-state index in [4.69, 9.17) is 9.84 Å². The molecule has 3 nitrogen and oxygen atoms in total. The third kappa shape index (κ3) is 13.7. The summed E-state index contributed by atoms with van der Waals surface area (Å²) in [6.45, 7) is 6.16. The number of carbonyl (C=O) groups is 1. The van der Waals surface area contributed by atoms with E-state index in [1.165, 1.54) is 44.9 Å².